The fourth-order valence-corrected chi connectivity index (χ4v) is 7.13. The Morgan fingerprint density at radius 2 is 0.659 bits per heavy atom. The van der Waals surface area contributed by atoms with Crippen LogP contribution < -0.4 is 0 Å². The van der Waals surface area contributed by atoms with Crippen LogP contribution in [0, 0.1) is 22.7 Å². The van der Waals surface area contributed by atoms with E-state index in [1.165, 1.54) is 21.5 Å². The third-order valence-corrected chi connectivity index (χ3v) is 8.99. The SMILES string of the molecule is N#Cc1c(C#N)c2ccc(-n3c4ccccc4c4ccccc43)cc2c2cc(-n3c4ccccc4c4ccccc43)ccc12. The highest BCUT2D eigenvalue weighted by atomic mass is 15.0. The van der Waals surface area contributed by atoms with Crippen LogP contribution in [0.3, 0.4) is 0 Å². The van der Waals surface area contributed by atoms with E-state index in [9.17, 15) is 10.5 Å². The van der Waals surface area contributed by atoms with E-state index in [4.69, 9.17) is 0 Å². The third-order valence-electron chi connectivity index (χ3n) is 8.99. The summed E-state index contributed by atoms with van der Waals surface area (Å²) < 4.78 is 4.58. The zero-order valence-corrected chi connectivity index (χ0v) is 23.5. The van der Waals surface area contributed by atoms with Crippen molar-refractivity contribution in [2.75, 3.05) is 0 Å². The van der Waals surface area contributed by atoms with E-state index in [2.05, 4.69) is 143 Å². The molecule has 0 aliphatic heterocycles. The molecule has 2 aromatic heterocycles. The third kappa shape index (κ3) is 3.20. The molecule has 0 unspecified atom stereocenters. The predicted molar refractivity (Wildman–Crippen MR) is 180 cm³/mol. The molecule has 0 radical (unpaired) electrons. The van der Waals surface area contributed by atoms with Gasteiger partial charge >= 0.3 is 0 Å². The summed E-state index contributed by atoms with van der Waals surface area (Å²) in [5.74, 6) is 0. The van der Waals surface area contributed by atoms with Crippen molar-refractivity contribution in [1.82, 2.24) is 9.13 Å². The minimum atomic E-state index is 0.411. The molecule has 7 aromatic carbocycles. The molecule has 0 saturated heterocycles. The van der Waals surface area contributed by atoms with Crippen LogP contribution >= 0.6 is 0 Å². The molecule has 9 rings (SSSR count). The summed E-state index contributed by atoms with van der Waals surface area (Å²) in [4.78, 5) is 0. The maximum absolute atomic E-state index is 10.3. The fraction of sp³-hybridized carbons (Fsp3) is 0. The van der Waals surface area contributed by atoms with E-state index < -0.39 is 0 Å². The van der Waals surface area contributed by atoms with E-state index in [-0.39, 0.29) is 0 Å². The van der Waals surface area contributed by atoms with Gasteiger partial charge in [0.15, 0.2) is 0 Å². The van der Waals surface area contributed by atoms with Crippen LogP contribution in [0.4, 0.5) is 0 Å². The molecule has 0 aliphatic carbocycles. The quantitative estimate of drug-likeness (QED) is 0.198. The van der Waals surface area contributed by atoms with Crippen LogP contribution in [-0.2, 0) is 0 Å². The Balaban J connectivity index is 1.41. The number of hydrogen-bond acceptors (Lipinski definition) is 2. The van der Waals surface area contributed by atoms with Crippen LogP contribution in [0.15, 0.2) is 133 Å². The summed E-state index contributed by atoms with van der Waals surface area (Å²) in [6.45, 7) is 0. The summed E-state index contributed by atoms with van der Waals surface area (Å²) in [5.41, 5.74) is 7.32. The summed E-state index contributed by atoms with van der Waals surface area (Å²) in [7, 11) is 0. The molecular weight excluding hydrogens is 536 g/mol. The van der Waals surface area contributed by atoms with Crippen molar-refractivity contribution in [1.29, 1.82) is 10.5 Å². The average Bonchev–Trinajstić information content (AvgIpc) is 3.60. The topological polar surface area (TPSA) is 57.4 Å². The number of rotatable bonds is 2. The molecule has 44 heavy (non-hydrogen) atoms. The number of hydrogen-bond donors (Lipinski definition) is 0. The van der Waals surface area contributed by atoms with Gasteiger partial charge in [0, 0.05) is 43.7 Å². The fourth-order valence-electron chi connectivity index (χ4n) is 7.13. The lowest BCUT2D eigenvalue weighted by atomic mass is 9.92. The highest BCUT2D eigenvalue weighted by molar-refractivity contribution is 6.15. The van der Waals surface area contributed by atoms with Gasteiger partial charge in [-0.1, -0.05) is 84.9 Å². The molecule has 0 aliphatic rings. The van der Waals surface area contributed by atoms with E-state index in [1.807, 2.05) is 12.1 Å². The molecule has 202 valence electrons. The van der Waals surface area contributed by atoms with E-state index in [1.54, 1.807) is 0 Å². The number of benzene rings is 7. The van der Waals surface area contributed by atoms with Gasteiger partial charge in [0.1, 0.15) is 12.1 Å². The van der Waals surface area contributed by atoms with Crippen molar-refractivity contribution in [3.8, 4) is 23.5 Å². The van der Waals surface area contributed by atoms with Gasteiger partial charge in [0.05, 0.1) is 33.2 Å². The Morgan fingerprint density at radius 3 is 0.977 bits per heavy atom. The van der Waals surface area contributed by atoms with Crippen LogP contribution in [-0.4, -0.2) is 9.13 Å². The molecule has 0 fully saturated rings. The van der Waals surface area contributed by atoms with Gasteiger partial charge in [-0.15, -0.1) is 0 Å². The van der Waals surface area contributed by atoms with Gasteiger partial charge in [-0.05, 0) is 59.3 Å². The van der Waals surface area contributed by atoms with Gasteiger partial charge in [0.2, 0.25) is 0 Å². The normalized spacial score (nSPS) is 11.6. The Morgan fingerprint density at radius 1 is 0.341 bits per heavy atom. The first kappa shape index (κ1) is 24.3. The Bertz CT molecular complexity index is 2450. The van der Waals surface area contributed by atoms with Crippen LogP contribution in [0.25, 0.3) is 76.5 Å². The molecule has 0 atom stereocenters. The van der Waals surface area contributed by atoms with Crippen LogP contribution in [0.1, 0.15) is 11.1 Å². The summed E-state index contributed by atoms with van der Waals surface area (Å²) in [6, 6.07) is 51.0. The second-order valence-electron chi connectivity index (χ2n) is 11.2. The zero-order chi connectivity index (χ0) is 29.4. The lowest BCUT2D eigenvalue weighted by molar-refractivity contribution is 1.18. The monoisotopic (exact) mass is 558 g/mol. The van der Waals surface area contributed by atoms with E-state index >= 15 is 0 Å². The number of nitrogens with zero attached hydrogens (tertiary/aromatic N) is 4. The summed E-state index contributed by atoms with van der Waals surface area (Å²) in [6.07, 6.45) is 0. The van der Waals surface area contributed by atoms with Crippen molar-refractivity contribution >= 4 is 65.2 Å². The minimum absolute atomic E-state index is 0.411. The lowest BCUT2D eigenvalue weighted by Gasteiger charge is -2.15. The molecule has 2 heterocycles. The lowest BCUT2D eigenvalue weighted by Crippen LogP contribution is -1.98. The first-order valence-electron chi connectivity index (χ1n) is 14.6. The largest absolute Gasteiger partial charge is 0.309 e. The minimum Gasteiger partial charge on any atom is -0.309 e. The molecule has 4 nitrogen and oxygen atoms in total. The molecule has 0 saturated carbocycles. The van der Waals surface area contributed by atoms with Gasteiger partial charge in [-0.3, -0.25) is 0 Å². The molecule has 0 amide bonds. The Hall–Kier alpha value is -6.36. The smallest absolute Gasteiger partial charge is 0.101 e. The Labute approximate surface area is 252 Å². The average molecular weight is 559 g/mol. The van der Waals surface area contributed by atoms with Crippen molar-refractivity contribution < 1.29 is 0 Å². The highest BCUT2D eigenvalue weighted by Gasteiger charge is 2.19. The van der Waals surface area contributed by atoms with Gasteiger partial charge in [-0.2, -0.15) is 10.5 Å². The van der Waals surface area contributed by atoms with Crippen LogP contribution in [0.5, 0.6) is 0 Å². The van der Waals surface area contributed by atoms with Gasteiger partial charge in [-0.25, -0.2) is 0 Å². The number of aromatic nitrogens is 2. The van der Waals surface area contributed by atoms with Crippen molar-refractivity contribution in [2.24, 2.45) is 0 Å². The summed E-state index contributed by atoms with van der Waals surface area (Å²) in [5, 5.41) is 28.8. The van der Waals surface area contributed by atoms with Gasteiger partial charge in [0.25, 0.3) is 0 Å². The number of nitriles is 2. The number of para-hydroxylation sites is 4. The highest BCUT2D eigenvalue weighted by Crippen LogP contribution is 2.39. The molecule has 4 heteroatoms. The first-order chi connectivity index (χ1) is 21.8. The molecule has 0 N–H and O–H groups in total. The zero-order valence-electron chi connectivity index (χ0n) is 23.5. The molecule has 0 bridgehead atoms. The van der Waals surface area contributed by atoms with E-state index in [0.717, 1.165) is 55.0 Å². The van der Waals surface area contributed by atoms with Crippen molar-refractivity contribution in [3.63, 3.8) is 0 Å². The molecular formula is C40H22N4. The number of fused-ring (bicyclic) bond motifs is 9. The standard InChI is InChI=1S/C40H22N4/c41-23-35-27-19-17-25(43-37-13-5-1-9-29(37)30-10-2-6-14-38(30)43)21-33(27)34-22-26(18-20-28(34)36(35)24-42)44-39-15-7-3-11-31(39)32-12-4-8-16-40(32)44/h1-22H. The van der Waals surface area contributed by atoms with Crippen molar-refractivity contribution in [3.05, 3.63) is 145 Å². The van der Waals surface area contributed by atoms with Gasteiger partial charge < -0.3 is 9.13 Å². The molecule has 9 aromatic rings. The first-order valence-corrected chi connectivity index (χ1v) is 14.6. The second kappa shape index (κ2) is 9.07. The second-order valence-corrected chi connectivity index (χ2v) is 11.2. The maximum Gasteiger partial charge on any atom is 0.101 e. The van der Waals surface area contributed by atoms with Crippen LogP contribution in [0.2, 0.25) is 0 Å². The predicted octanol–water partition coefficient (Wildman–Crippen LogP) is 9.93. The molecule has 0 spiro atoms. The van der Waals surface area contributed by atoms with E-state index in [0.29, 0.717) is 11.1 Å². The van der Waals surface area contributed by atoms with Crippen molar-refractivity contribution in [2.45, 2.75) is 0 Å². The maximum atomic E-state index is 10.3. The Kier molecular flexibility index (Phi) is 5.00. The summed E-state index contributed by atoms with van der Waals surface area (Å²) >= 11 is 0.